The maximum atomic E-state index is 11.9. The van der Waals surface area contributed by atoms with Crippen molar-refractivity contribution in [1.29, 1.82) is 0 Å². The van der Waals surface area contributed by atoms with Crippen LogP contribution in [0.25, 0.3) is 0 Å². The van der Waals surface area contributed by atoms with E-state index < -0.39 is 10.2 Å². The molecule has 0 aromatic carbocycles. The summed E-state index contributed by atoms with van der Waals surface area (Å²) in [4.78, 5) is 0. The number of hydrogen-bond acceptors (Lipinski definition) is 3. The third kappa shape index (κ3) is 4.01. The van der Waals surface area contributed by atoms with Crippen LogP contribution in [0.1, 0.15) is 39.0 Å². The molecule has 0 amide bonds. The molecule has 96 valence electrons. The molecule has 6 heteroatoms. The van der Waals surface area contributed by atoms with Gasteiger partial charge in [0, 0.05) is 25.7 Å². The molecule has 0 aromatic heterocycles. The molecule has 1 aliphatic carbocycles. The van der Waals surface area contributed by atoms with E-state index in [-0.39, 0.29) is 12.1 Å². The van der Waals surface area contributed by atoms with E-state index in [4.69, 9.17) is 5.73 Å². The summed E-state index contributed by atoms with van der Waals surface area (Å²) in [6, 6.07) is -0.00568. The maximum absolute atomic E-state index is 11.9. The normalized spacial score (nSPS) is 21.2. The van der Waals surface area contributed by atoms with E-state index in [1.165, 1.54) is 10.7 Å². The molecule has 0 heterocycles. The van der Waals surface area contributed by atoms with E-state index in [1.807, 2.05) is 0 Å². The van der Waals surface area contributed by atoms with Crippen LogP contribution in [0.15, 0.2) is 0 Å². The molecular weight excluding hydrogens is 226 g/mol. The fourth-order valence-corrected chi connectivity index (χ4v) is 3.26. The van der Waals surface area contributed by atoms with Crippen LogP contribution >= 0.6 is 0 Å². The number of nitrogens with two attached hydrogens (primary N) is 1. The summed E-state index contributed by atoms with van der Waals surface area (Å²) < 4.78 is 27.8. The van der Waals surface area contributed by atoms with Gasteiger partial charge in [-0.05, 0) is 19.8 Å². The minimum atomic E-state index is -3.35. The Morgan fingerprint density at radius 2 is 1.94 bits per heavy atom. The van der Waals surface area contributed by atoms with Crippen molar-refractivity contribution in [2.45, 2.75) is 51.1 Å². The maximum Gasteiger partial charge on any atom is 0.279 e. The first kappa shape index (κ1) is 13.9. The summed E-state index contributed by atoms with van der Waals surface area (Å²) in [5.74, 6) is 0. The first-order valence-electron chi connectivity index (χ1n) is 5.91. The van der Waals surface area contributed by atoms with Crippen molar-refractivity contribution in [1.82, 2.24) is 9.03 Å². The van der Waals surface area contributed by atoms with E-state index in [2.05, 4.69) is 4.72 Å². The lowest BCUT2D eigenvalue weighted by molar-refractivity contribution is 0.283. The highest BCUT2D eigenvalue weighted by Crippen LogP contribution is 2.22. The third-order valence-electron chi connectivity index (χ3n) is 3.06. The zero-order valence-corrected chi connectivity index (χ0v) is 11.0. The zero-order chi connectivity index (χ0) is 12.2. The Kier molecular flexibility index (Phi) is 5.17. The molecule has 1 unspecified atom stereocenters. The number of nitrogens with one attached hydrogen (secondary N) is 1. The molecule has 0 saturated heterocycles. The van der Waals surface area contributed by atoms with Crippen molar-refractivity contribution in [3.05, 3.63) is 0 Å². The van der Waals surface area contributed by atoms with Crippen LogP contribution in [-0.4, -0.2) is 38.4 Å². The second-order valence-corrected chi connectivity index (χ2v) is 6.45. The Morgan fingerprint density at radius 3 is 2.44 bits per heavy atom. The zero-order valence-electron chi connectivity index (χ0n) is 10.1. The first-order valence-corrected chi connectivity index (χ1v) is 7.35. The highest BCUT2D eigenvalue weighted by molar-refractivity contribution is 7.87. The number of hydrogen-bond donors (Lipinski definition) is 2. The second kappa shape index (κ2) is 5.95. The largest absolute Gasteiger partial charge is 0.327 e. The molecule has 1 rings (SSSR count). The van der Waals surface area contributed by atoms with Gasteiger partial charge >= 0.3 is 0 Å². The fraction of sp³-hybridized carbons (Fsp3) is 1.00. The molecule has 1 saturated carbocycles. The molecule has 0 spiro atoms. The molecule has 1 fully saturated rings. The Hall–Kier alpha value is -0.170. The summed E-state index contributed by atoms with van der Waals surface area (Å²) >= 11 is 0. The van der Waals surface area contributed by atoms with Crippen LogP contribution in [-0.2, 0) is 10.2 Å². The lowest BCUT2D eigenvalue weighted by atomic mass is 9.96. The van der Waals surface area contributed by atoms with Crippen LogP contribution in [0, 0.1) is 0 Å². The van der Waals surface area contributed by atoms with Gasteiger partial charge in [0.15, 0.2) is 0 Å². The highest BCUT2D eigenvalue weighted by Gasteiger charge is 2.27. The van der Waals surface area contributed by atoms with Gasteiger partial charge in [-0.3, -0.25) is 0 Å². The predicted molar refractivity (Wildman–Crippen MR) is 65.2 cm³/mol. The smallest absolute Gasteiger partial charge is 0.279 e. The molecule has 3 N–H and O–H groups in total. The molecule has 0 aromatic rings. The van der Waals surface area contributed by atoms with Gasteiger partial charge in [-0.25, -0.2) is 4.72 Å². The molecule has 5 nitrogen and oxygen atoms in total. The SMILES string of the molecule is CC(N)CNS(=O)(=O)N(C)C1CCCCC1. The van der Waals surface area contributed by atoms with Gasteiger partial charge in [0.25, 0.3) is 10.2 Å². The van der Waals surface area contributed by atoms with Crippen LogP contribution in [0.4, 0.5) is 0 Å². The quantitative estimate of drug-likeness (QED) is 0.742. The molecule has 1 atom stereocenters. The van der Waals surface area contributed by atoms with E-state index in [9.17, 15) is 8.42 Å². The topological polar surface area (TPSA) is 75.4 Å². The van der Waals surface area contributed by atoms with E-state index in [0.29, 0.717) is 6.54 Å². The van der Waals surface area contributed by atoms with Gasteiger partial charge in [0.1, 0.15) is 0 Å². The van der Waals surface area contributed by atoms with Gasteiger partial charge < -0.3 is 5.73 Å². The summed E-state index contributed by atoms with van der Waals surface area (Å²) in [5, 5.41) is 0. The lowest BCUT2D eigenvalue weighted by Gasteiger charge is -2.30. The van der Waals surface area contributed by atoms with Gasteiger partial charge in [-0.2, -0.15) is 12.7 Å². The Labute approximate surface area is 98.6 Å². The van der Waals surface area contributed by atoms with Gasteiger partial charge in [-0.1, -0.05) is 19.3 Å². The van der Waals surface area contributed by atoms with Crippen molar-refractivity contribution in [2.24, 2.45) is 5.73 Å². The summed E-state index contributed by atoms with van der Waals surface area (Å²) in [6.45, 7) is 2.07. The van der Waals surface area contributed by atoms with Crippen LogP contribution in [0.3, 0.4) is 0 Å². The third-order valence-corrected chi connectivity index (χ3v) is 4.64. The summed E-state index contributed by atoms with van der Waals surface area (Å²) in [6.07, 6.45) is 5.40. The minimum absolute atomic E-state index is 0.152. The second-order valence-electron chi connectivity index (χ2n) is 4.64. The molecule has 16 heavy (non-hydrogen) atoms. The van der Waals surface area contributed by atoms with E-state index in [1.54, 1.807) is 14.0 Å². The van der Waals surface area contributed by atoms with Crippen molar-refractivity contribution in [3.63, 3.8) is 0 Å². The van der Waals surface area contributed by atoms with Crippen LogP contribution in [0.2, 0.25) is 0 Å². The Balaban J connectivity index is 2.53. The minimum Gasteiger partial charge on any atom is -0.327 e. The van der Waals surface area contributed by atoms with Crippen LogP contribution < -0.4 is 10.5 Å². The number of nitrogens with zero attached hydrogens (tertiary/aromatic N) is 1. The Morgan fingerprint density at radius 1 is 1.38 bits per heavy atom. The molecule has 0 aliphatic heterocycles. The fourth-order valence-electron chi connectivity index (χ4n) is 1.98. The van der Waals surface area contributed by atoms with E-state index >= 15 is 0 Å². The Bertz CT molecular complexity index is 297. The summed E-state index contributed by atoms with van der Waals surface area (Å²) in [7, 11) is -1.70. The average Bonchev–Trinajstić information content (AvgIpc) is 2.27. The lowest BCUT2D eigenvalue weighted by Crippen LogP contribution is -2.47. The van der Waals surface area contributed by atoms with Gasteiger partial charge in [0.05, 0.1) is 0 Å². The highest BCUT2D eigenvalue weighted by atomic mass is 32.2. The van der Waals surface area contributed by atoms with Crippen molar-refractivity contribution >= 4 is 10.2 Å². The van der Waals surface area contributed by atoms with Gasteiger partial charge in [0.2, 0.25) is 0 Å². The molecule has 1 aliphatic rings. The molecule has 0 radical (unpaired) electrons. The summed E-state index contributed by atoms with van der Waals surface area (Å²) in [5.41, 5.74) is 5.53. The van der Waals surface area contributed by atoms with Crippen LogP contribution in [0.5, 0.6) is 0 Å². The van der Waals surface area contributed by atoms with Crippen molar-refractivity contribution in [2.75, 3.05) is 13.6 Å². The first-order chi connectivity index (χ1) is 7.43. The molecular formula is C10H23N3O2S. The average molecular weight is 249 g/mol. The standard InChI is InChI=1S/C10H23N3O2S/c1-9(11)8-12-16(14,15)13(2)10-6-4-3-5-7-10/h9-10,12H,3-8,11H2,1-2H3. The van der Waals surface area contributed by atoms with Crippen molar-refractivity contribution in [3.8, 4) is 0 Å². The predicted octanol–water partition coefficient (Wildman–Crippen LogP) is 0.433. The monoisotopic (exact) mass is 249 g/mol. The van der Waals surface area contributed by atoms with Gasteiger partial charge in [-0.15, -0.1) is 0 Å². The molecule has 0 bridgehead atoms. The number of rotatable bonds is 5. The van der Waals surface area contributed by atoms with Crippen molar-refractivity contribution < 1.29 is 8.42 Å². The van der Waals surface area contributed by atoms with E-state index in [0.717, 1.165) is 25.7 Å².